The lowest BCUT2D eigenvalue weighted by Crippen LogP contribution is -2.39. The van der Waals surface area contributed by atoms with E-state index < -0.39 is 8.80 Å². The molecular formula is C16H31NOSi. The van der Waals surface area contributed by atoms with Crippen molar-refractivity contribution in [3.8, 4) is 0 Å². The van der Waals surface area contributed by atoms with Gasteiger partial charge in [0, 0.05) is 28.3 Å². The van der Waals surface area contributed by atoms with Crippen molar-refractivity contribution >= 4 is 14.7 Å². The molecule has 0 unspecified atom stereocenters. The Hall–Kier alpha value is -0.573. The highest BCUT2D eigenvalue weighted by Gasteiger charge is 2.20. The van der Waals surface area contributed by atoms with E-state index in [4.69, 9.17) is 0 Å². The summed E-state index contributed by atoms with van der Waals surface area (Å²) in [7, 11) is -0.428. The normalized spacial score (nSPS) is 16.6. The van der Waals surface area contributed by atoms with E-state index >= 15 is 0 Å². The summed E-state index contributed by atoms with van der Waals surface area (Å²) in [5, 5.41) is 0. The molecule has 1 fully saturated rings. The molecular weight excluding hydrogens is 250 g/mol. The third kappa shape index (κ3) is 7.56. The lowest BCUT2D eigenvalue weighted by atomic mass is 10.1. The van der Waals surface area contributed by atoms with Gasteiger partial charge >= 0.3 is 0 Å². The Bertz CT molecular complexity index is 259. The second-order valence-electron chi connectivity index (χ2n) is 6.01. The maximum Gasteiger partial charge on any atom is 0.222 e. The first kappa shape index (κ1) is 16.5. The number of allylic oxidation sites excluding steroid dienone is 1. The van der Waals surface area contributed by atoms with Gasteiger partial charge in [0.15, 0.2) is 0 Å². The van der Waals surface area contributed by atoms with Gasteiger partial charge in [-0.3, -0.25) is 4.79 Å². The van der Waals surface area contributed by atoms with Gasteiger partial charge in [0.05, 0.1) is 0 Å². The smallest absolute Gasteiger partial charge is 0.222 e. The highest BCUT2D eigenvalue weighted by atomic mass is 28.3. The van der Waals surface area contributed by atoms with Crippen LogP contribution in [0, 0.1) is 0 Å². The predicted molar refractivity (Wildman–Crippen MR) is 86.3 cm³/mol. The first-order valence-corrected chi connectivity index (χ1v) is 10.9. The summed E-state index contributed by atoms with van der Waals surface area (Å²) in [4.78, 5) is 14.1. The van der Waals surface area contributed by atoms with E-state index in [2.05, 4.69) is 18.0 Å². The summed E-state index contributed by atoms with van der Waals surface area (Å²) in [6, 6.07) is 2.66. The molecule has 19 heavy (non-hydrogen) atoms. The molecule has 110 valence electrons. The van der Waals surface area contributed by atoms with Crippen molar-refractivity contribution in [1.82, 2.24) is 4.90 Å². The molecule has 3 heteroatoms. The van der Waals surface area contributed by atoms with Gasteiger partial charge in [-0.2, -0.15) is 0 Å². The van der Waals surface area contributed by atoms with Crippen LogP contribution in [0.15, 0.2) is 12.7 Å². The Morgan fingerprint density at radius 2 is 1.68 bits per heavy atom. The minimum atomic E-state index is -0.428. The molecule has 0 aromatic carbocycles. The maximum absolute atomic E-state index is 12.0. The van der Waals surface area contributed by atoms with Crippen LogP contribution in [0.1, 0.15) is 51.4 Å². The van der Waals surface area contributed by atoms with Crippen molar-refractivity contribution in [2.75, 3.05) is 13.1 Å². The van der Waals surface area contributed by atoms with Crippen LogP contribution in [-0.4, -0.2) is 32.7 Å². The SMILES string of the molecule is C=CCCCCCCCCC(=O)N1CC[SiH](C)CC1. The van der Waals surface area contributed by atoms with E-state index in [1.165, 1.54) is 44.2 Å². The van der Waals surface area contributed by atoms with E-state index in [-0.39, 0.29) is 0 Å². The Morgan fingerprint density at radius 1 is 1.11 bits per heavy atom. The Labute approximate surface area is 120 Å². The lowest BCUT2D eigenvalue weighted by molar-refractivity contribution is -0.131. The predicted octanol–water partition coefficient (Wildman–Crippen LogP) is 3.99. The standard InChI is InChI=1S/C16H31NOSi/c1-3-4-5-6-7-8-9-10-11-16(18)17-12-14-19(2)15-13-17/h3,19H,1,4-15H2,2H3. The van der Waals surface area contributed by atoms with Gasteiger partial charge < -0.3 is 4.90 Å². The molecule has 0 saturated carbocycles. The van der Waals surface area contributed by atoms with Crippen LogP contribution >= 0.6 is 0 Å². The summed E-state index contributed by atoms with van der Waals surface area (Å²) < 4.78 is 0. The lowest BCUT2D eigenvalue weighted by Gasteiger charge is -2.29. The molecule has 0 atom stereocenters. The summed E-state index contributed by atoms with van der Waals surface area (Å²) in [5.74, 6) is 0.410. The molecule has 1 aliphatic heterocycles. The highest BCUT2D eigenvalue weighted by Crippen LogP contribution is 2.14. The van der Waals surface area contributed by atoms with Gasteiger partial charge in [-0.25, -0.2) is 0 Å². The Morgan fingerprint density at radius 3 is 2.32 bits per heavy atom. The zero-order valence-electron chi connectivity index (χ0n) is 12.7. The molecule has 1 heterocycles. The second-order valence-corrected chi connectivity index (χ2v) is 9.38. The van der Waals surface area contributed by atoms with E-state index in [0.29, 0.717) is 5.91 Å². The molecule has 0 spiro atoms. The summed E-state index contributed by atoms with van der Waals surface area (Å²) in [5.41, 5.74) is 0. The van der Waals surface area contributed by atoms with Crippen molar-refractivity contribution in [2.45, 2.75) is 70.0 Å². The number of unbranched alkanes of at least 4 members (excludes halogenated alkanes) is 6. The van der Waals surface area contributed by atoms with Gasteiger partial charge in [0.1, 0.15) is 0 Å². The van der Waals surface area contributed by atoms with Crippen LogP contribution < -0.4 is 0 Å². The zero-order chi connectivity index (χ0) is 13.9. The molecule has 0 aromatic heterocycles. The molecule has 0 aliphatic carbocycles. The largest absolute Gasteiger partial charge is 0.343 e. The van der Waals surface area contributed by atoms with Crippen molar-refractivity contribution in [1.29, 1.82) is 0 Å². The van der Waals surface area contributed by atoms with Crippen molar-refractivity contribution in [3.05, 3.63) is 12.7 Å². The summed E-state index contributed by atoms with van der Waals surface area (Å²) in [6.07, 6.45) is 11.4. The number of rotatable bonds is 9. The summed E-state index contributed by atoms with van der Waals surface area (Å²) >= 11 is 0. The number of carbonyl (C=O) groups excluding carboxylic acids is 1. The quantitative estimate of drug-likeness (QED) is 0.355. The number of carbonyl (C=O) groups is 1. The third-order valence-electron chi connectivity index (χ3n) is 4.19. The number of nitrogens with zero attached hydrogens (tertiary/aromatic N) is 1. The van der Waals surface area contributed by atoms with Crippen LogP contribution in [0.3, 0.4) is 0 Å². The van der Waals surface area contributed by atoms with Gasteiger partial charge in [-0.05, 0) is 31.4 Å². The van der Waals surface area contributed by atoms with Gasteiger partial charge in [0.2, 0.25) is 5.91 Å². The molecule has 1 rings (SSSR count). The molecule has 1 amide bonds. The highest BCUT2D eigenvalue weighted by molar-refractivity contribution is 6.57. The average molecular weight is 282 g/mol. The van der Waals surface area contributed by atoms with Gasteiger partial charge in [0.25, 0.3) is 0 Å². The number of amides is 1. The molecule has 0 aromatic rings. The fourth-order valence-corrected chi connectivity index (χ4v) is 4.48. The van der Waals surface area contributed by atoms with Crippen LogP contribution in [0.5, 0.6) is 0 Å². The molecule has 0 bridgehead atoms. The van der Waals surface area contributed by atoms with Gasteiger partial charge in [-0.15, -0.1) is 6.58 Å². The van der Waals surface area contributed by atoms with Crippen LogP contribution in [0.4, 0.5) is 0 Å². The molecule has 2 nitrogen and oxygen atoms in total. The first-order chi connectivity index (χ1) is 9.24. The van der Waals surface area contributed by atoms with Crippen LogP contribution in [0.2, 0.25) is 18.6 Å². The number of hydrogen-bond acceptors (Lipinski definition) is 1. The maximum atomic E-state index is 12.0. The Kier molecular flexibility index (Phi) is 8.88. The first-order valence-electron chi connectivity index (χ1n) is 8.12. The number of hydrogen-bond donors (Lipinski definition) is 0. The minimum Gasteiger partial charge on any atom is -0.343 e. The zero-order valence-corrected chi connectivity index (χ0v) is 13.9. The van der Waals surface area contributed by atoms with Gasteiger partial charge in [-0.1, -0.05) is 38.3 Å². The monoisotopic (exact) mass is 281 g/mol. The van der Waals surface area contributed by atoms with Crippen LogP contribution in [-0.2, 0) is 4.79 Å². The van der Waals surface area contributed by atoms with Crippen molar-refractivity contribution in [2.24, 2.45) is 0 Å². The molecule has 1 saturated heterocycles. The van der Waals surface area contributed by atoms with E-state index in [0.717, 1.165) is 32.4 Å². The fraction of sp³-hybridized carbons (Fsp3) is 0.812. The van der Waals surface area contributed by atoms with Crippen molar-refractivity contribution < 1.29 is 4.79 Å². The van der Waals surface area contributed by atoms with E-state index in [1.807, 2.05) is 6.08 Å². The second kappa shape index (κ2) is 10.2. The fourth-order valence-electron chi connectivity index (χ4n) is 2.69. The summed E-state index contributed by atoms with van der Waals surface area (Å²) in [6.45, 7) is 8.26. The van der Waals surface area contributed by atoms with Crippen LogP contribution in [0.25, 0.3) is 0 Å². The molecule has 1 aliphatic rings. The molecule has 0 radical (unpaired) electrons. The van der Waals surface area contributed by atoms with Crippen molar-refractivity contribution in [3.63, 3.8) is 0 Å². The average Bonchev–Trinajstić information content (AvgIpc) is 2.42. The minimum absolute atomic E-state index is 0.410. The molecule has 0 N–H and O–H groups in total. The van der Waals surface area contributed by atoms with E-state index in [9.17, 15) is 4.79 Å². The van der Waals surface area contributed by atoms with E-state index in [1.54, 1.807) is 0 Å². The topological polar surface area (TPSA) is 20.3 Å². The Balaban J connectivity index is 1.94. The third-order valence-corrected chi connectivity index (χ3v) is 6.67.